The molecule has 82 valence electrons. The third-order valence-corrected chi connectivity index (χ3v) is 2.61. The summed E-state index contributed by atoms with van der Waals surface area (Å²) in [6.45, 7) is 5.56. The predicted octanol–water partition coefficient (Wildman–Crippen LogP) is 1.65. The number of hydrogen-bond acceptors (Lipinski definition) is 3. The number of methoxy groups -OCH3 is 1. The lowest BCUT2D eigenvalue weighted by Crippen LogP contribution is -2.43. The molecule has 1 rings (SSSR count). The van der Waals surface area contributed by atoms with Gasteiger partial charge in [0, 0.05) is 0 Å². The van der Waals surface area contributed by atoms with Crippen LogP contribution in [0, 0.1) is 13.8 Å². The average molecular weight is 207 g/mol. The minimum Gasteiger partial charge on any atom is -0.467 e. The molecule has 0 fully saturated rings. The quantitative estimate of drug-likeness (QED) is 0.750. The van der Waals surface area contributed by atoms with Crippen molar-refractivity contribution in [1.82, 2.24) is 0 Å². The molecule has 0 radical (unpaired) electrons. The summed E-state index contributed by atoms with van der Waals surface area (Å²) < 4.78 is 4.72. The summed E-state index contributed by atoms with van der Waals surface area (Å²) in [5, 5.41) is 0. The van der Waals surface area contributed by atoms with Crippen LogP contribution in [0.5, 0.6) is 0 Å². The molecule has 0 saturated carbocycles. The molecule has 1 atom stereocenters. The van der Waals surface area contributed by atoms with E-state index in [-0.39, 0.29) is 0 Å². The van der Waals surface area contributed by atoms with Gasteiger partial charge in [-0.2, -0.15) is 0 Å². The molecule has 0 spiro atoms. The molecule has 0 aliphatic heterocycles. The highest BCUT2D eigenvalue weighted by atomic mass is 16.5. The van der Waals surface area contributed by atoms with E-state index in [0.717, 1.165) is 16.7 Å². The first-order valence-corrected chi connectivity index (χ1v) is 4.85. The lowest BCUT2D eigenvalue weighted by atomic mass is 9.86. The van der Waals surface area contributed by atoms with Gasteiger partial charge in [0.15, 0.2) is 0 Å². The summed E-state index contributed by atoms with van der Waals surface area (Å²) >= 11 is 0. The first-order valence-electron chi connectivity index (χ1n) is 4.85. The number of aryl methyl sites for hydroxylation is 2. The highest BCUT2D eigenvalue weighted by Crippen LogP contribution is 2.26. The van der Waals surface area contributed by atoms with E-state index < -0.39 is 11.5 Å². The van der Waals surface area contributed by atoms with Crippen LogP contribution in [0.15, 0.2) is 18.2 Å². The highest BCUT2D eigenvalue weighted by Gasteiger charge is 2.34. The Morgan fingerprint density at radius 3 is 2.20 bits per heavy atom. The van der Waals surface area contributed by atoms with Crippen molar-refractivity contribution in [3.8, 4) is 0 Å². The lowest BCUT2D eigenvalue weighted by molar-refractivity contribution is -0.146. The van der Waals surface area contributed by atoms with Crippen molar-refractivity contribution in [2.75, 3.05) is 7.11 Å². The maximum atomic E-state index is 11.6. The Hall–Kier alpha value is -1.35. The number of esters is 1. The molecule has 0 amide bonds. The molecular formula is C12H17NO2. The van der Waals surface area contributed by atoms with Gasteiger partial charge in [0.25, 0.3) is 0 Å². The van der Waals surface area contributed by atoms with Crippen LogP contribution in [0.2, 0.25) is 0 Å². The van der Waals surface area contributed by atoms with E-state index in [4.69, 9.17) is 10.5 Å². The van der Waals surface area contributed by atoms with E-state index in [9.17, 15) is 4.79 Å². The Bertz CT molecular complexity index is 363. The largest absolute Gasteiger partial charge is 0.467 e. The van der Waals surface area contributed by atoms with Gasteiger partial charge in [-0.05, 0) is 37.5 Å². The van der Waals surface area contributed by atoms with Crippen molar-refractivity contribution >= 4 is 5.97 Å². The molecule has 1 aromatic rings. The predicted molar refractivity (Wildman–Crippen MR) is 59.5 cm³/mol. The van der Waals surface area contributed by atoms with Gasteiger partial charge < -0.3 is 10.5 Å². The molecule has 15 heavy (non-hydrogen) atoms. The second-order valence-corrected chi connectivity index (χ2v) is 3.96. The zero-order chi connectivity index (χ0) is 11.6. The van der Waals surface area contributed by atoms with Crippen molar-refractivity contribution in [2.45, 2.75) is 26.3 Å². The SMILES string of the molecule is COC(=O)[C@](C)(N)c1c(C)cccc1C. The van der Waals surface area contributed by atoms with Gasteiger partial charge >= 0.3 is 5.97 Å². The van der Waals surface area contributed by atoms with Crippen LogP contribution in [-0.4, -0.2) is 13.1 Å². The fraction of sp³-hybridized carbons (Fsp3) is 0.417. The Labute approximate surface area is 90.2 Å². The molecule has 3 heteroatoms. The van der Waals surface area contributed by atoms with Crippen LogP contribution in [-0.2, 0) is 15.1 Å². The number of hydrogen-bond donors (Lipinski definition) is 1. The molecule has 1 aromatic carbocycles. The third-order valence-electron chi connectivity index (χ3n) is 2.61. The van der Waals surface area contributed by atoms with Crippen molar-refractivity contribution in [2.24, 2.45) is 5.73 Å². The zero-order valence-electron chi connectivity index (χ0n) is 9.63. The molecular weight excluding hydrogens is 190 g/mol. The summed E-state index contributed by atoms with van der Waals surface area (Å²) in [4.78, 5) is 11.6. The standard InChI is InChI=1S/C12H17NO2/c1-8-6-5-7-9(2)10(8)12(3,13)11(14)15-4/h5-7H,13H2,1-4H3/t12-/m1/s1. The molecule has 0 unspecified atom stereocenters. The van der Waals surface area contributed by atoms with E-state index in [0.29, 0.717) is 0 Å². The van der Waals surface area contributed by atoms with E-state index in [2.05, 4.69) is 0 Å². The summed E-state index contributed by atoms with van der Waals surface area (Å²) in [5.41, 5.74) is 7.79. The van der Waals surface area contributed by atoms with Gasteiger partial charge in [-0.15, -0.1) is 0 Å². The monoisotopic (exact) mass is 207 g/mol. The molecule has 0 aliphatic rings. The first-order chi connectivity index (χ1) is 6.91. The van der Waals surface area contributed by atoms with Gasteiger partial charge in [-0.3, -0.25) is 0 Å². The second-order valence-electron chi connectivity index (χ2n) is 3.96. The molecule has 0 aromatic heterocycles. The van der Waals surface area contributed by atoms with Crippen LogP contribution in [0.1, 0.15) is 23.6 Å². The fourth-order valence-electron chi connectivity index (χ4n) is 1.95. The van der Waals surface area contributed by atoms with Gasteiger partial charge in [-0.25, -0.2) is 4.79 Å². The molecule has 0 bridgehead atoms. The zero-order valence-corrected chi connectivity index (χ0v) is 9.63. The average Bonchev–Trinajstić information content (AvgIpc) is 2.15. The minimum absolute atomic E-state index is 0.417. The summed E-state index contributed by atoms with van der Waals surface area (Å²) in [6, 6.07) is 5.83. The molecule has 2 N–H and O–H groups in total. The highest BCUT2D eigenvalue weighted by molar-refractivity contribution is 5.82. The van der Waals surface area contributed by atoms with Gasteiger partial charge in [0.05, 0.1) is 7.11 Å². The molecule has 0 heterocycles. The van der Waals surface area contributed by atoms with Gasteiger partial charge in [0.1, 0.15) is 5.54 Å². The fourth-order valence-corrected chi connectivity index (χ4v) is 1.95. The summed E-state index contributed by atoms with van der Waals surface area (Å²) in [7, 11) is 1.35. The number of ether oxygens (including phenoxy) is 1. The summed E-state index contributed by atoms with van der Waals surface area (Å²) in [6.07, 6.45) is 0. The lowest BCUT2D eigenvalue weighted by Gasteiger charge is -2.25. The smallest absolute Gasteiger partial charge is 0.330 e. The van der Waals surface area contributed by atoms with Gasteiger partial charge in [-0.1, -0.05) is 18.2 Å². The van der Waals surface area contributed by atoms with Crippen LogP contribution in [0.25, 0.3) is 0 Å². The number of benzene rings is 1. The van der Waals surface area contributed by atoms with E-state index >= 15 is 0 Å². The normalized spacial score (nSPS) is 14.5. The van der Waals surface area contributed by atoms with Gasteiger partial charge in [0.2, 0.25) is 0 Å². The maximum absolute atomic E-state index is 11.6. The van der Waals surface area contributed by atoms with Crippen LogP contribution in [0.4, 0.5) is 0 Å². The van der Waals surface area contributed by atoms with Crippen molar-refractivity contribution in [3.63, 3.8) is 0 Å². The Morgan fingerprint density at radius 1 is 1.33 bits per heavy atom. The molecule has 3 nitrogen and oxygen atoms in total. The van der Waals surface area contributed by atoms with E-state index in [1.54, 1.807) is 6.92 Å². The number of rotatable bonds is 2. The van der Waals surface area contributed by atoms with E-state index in [1.807, 2.05) is 32.0 Å². The summed E-state index contributed by atoms with van der Waals surface area (Å²) in [5.74, 6) is -0.417. The van der Waals surface area contributed by atoms with Crippen LogP contribution in [0.3, 0.4) is 0 Å². The Kier molecular flexibility index (Phi) is 3.15. The number of nitrogens with two attached hydrogens (primary N) is 1. The topological polar surface area (TPSA) is 52.3 Å². The Morgan fingerprint density at radius 2 is 1.80 bits per heavy atom. The number of carbonyl (C=O) groups is 1. The molecule has 0 aliphatic carbocycles. The maximum Gasteiger partial charge on any atom is 0.330 e. The van der Waals surface area contributed by atoms with Crippen LogP contribution >= 0.6 is 0 Å². The van der Waals surface area contributed by atoms with E-state index in [1.165, 1.54) is 7.11 Å². The van der Waals surface area contributed by atoms with Crippen LogP contribution < -0.4 is 5.73 Å². The first kappa shape index (κ1) is 11.7. The minimum atomic E-state index is -1.08. The third kappa shape index (κ3) is 2.02. The molecule has 0 saturated heterocycles. The number of carbonyl (C=O) groups excluding carboxylic acids is 1. The van der Waals surface area contributed by atoms with Crippen molar-refractivity contribution in [1.29, 1.82) is 0 Å². The van der Waals surface area contributed by atoms with Crippen molar-refractivity contribution in [3.05, 3.63) is 34.9 Å². The Balaban J connectivity index is 3.32. The second kappa shape index (κ2) is 4.03. The van der Waals surface area contributed by atoms with Crippen molar-refractivity contribution < 1.29 is 9.53 Å².